The molecule has 0 bridgehead atoms. The van der Waals surface area contributed by atoms with Crippen LogP contribution in [0.1, 0.15) is 53.4 Å². The molecule has 0 aliphatic carbocycles. The predicted molar refractivity (Wildman–Crippen MR) is 136 cm³/mol. The Balaban J connectivity index is 1.86. The van der Waals surface area contributed by atoms with Crippen molar-refractivity contribution >= 4 is 23.2 Å². The summed E-state index contributed by atoms with van der Waals surface area (Å²) in [4.78, 5) is 35.0. The first-order valence-electron chi connectivity index (χ1n) is 11.5. The Labute approximate surface area is 210 Å². The van der Waals surface area contributed by atoms with Crippen LogP contribution in [0, 0.1) is 0 Å². The quantitative estimate of drug-likeness (QED) is 0.540. The lowest BCUT2D eigenvalue weighted by Gasteiger charge is -2.37. The number of ether oxygens (including phenoxy) is 1. The number of carbonyl (C=O) groups is 2. The summed E-state index contributed by atoms with van der Waals surface area (Å²) in [7, 11) is 3.42. The van der Waals surface area contributed by atoms with Crippen molar-refractivity contribution in [1.29, 1.82) is 0 Å². The molecule has 7 nitrogen and oxygen atoms in total. The lowest BCUT2D eigenvalue weighted by atomic mass is 9.85. The maximum atomic E-state index is 14.2. The number of thiazole rings is 1. The molecular formula is C27H31N3O4S. The van der Waals surface area contributed by atoms with Gasteiger partial charge in [-0.1, -0.05) is 57.2 Å². The normalized spacial score (nSPS) is 20.7. The molecule has 35 heavy (non-hydrogen) atoms. The molecule has 0 saturated carbocycles. The number of aliphatic carboxylic acids is 1. The van der Waals surface area contributed by atoms with Crippen LogP contribution < -0.4 is 4.74 Å². The summed E-state index contributed by atoms with van der Waals surface area (Å²) in [5.74, 6) is -0.809. The highest BCUT2D eigenvalue weighted by molar-refractivity contribution is 7.09. The second kappa shape index (κ2) is 9.43. The minimum Gasteiger partial charge on any atom is -0.496 e. The van der Waals surface area contributed by atoms with Gasteiger partial charge in [-0.05, 0) is 35.7 Å². The van der Waals surface area contributed by atoms with E-state index in [1.807, 2.05) is 53.7 Å². The molecule has 2 atom stereocenters. The molecule has 1 saturated heterocycles. The SMILES string of the molecule is COc1cc(C(=O)N2C(c3nccs3)N(C)CC2(Cc2ccccc2)C(=O)O)ccc1C(C)(C)C. The van der Waals surface area contributed by atoms with Gasteiger partial charge >= 0.3 is 5.97 Å². The predicted octanol–water partition coefficient (Wildman–Crippen LogP) is 4.60. The van der Waals surface area contributed by atoms with E-state index in [0.717, 1.165) is 11.1 Å². The molecule has 1 fully saturated rings. The number of nitrogens with zero attached hydrogens (tertiary/aromatic N) is 3. The number of hydrogen-bond acceptors (Lipinski definition) is 6. The molecule has 1 amide bonds. The molecule has 2 aromatic carbocycles. The number of likely N-dealkylation sites (N-methyl/N-ethyl adjacent to an activating group) is 1. The van der Waals surface area contributed by atoms with Gasteiger partial charge in [0.2, 0.25) is 0 Å². The van der Waals surface area contributed by atoms with Crippen LogP contribution in [-0.4, -0.2) is 58.0 Å². The zero-order valence-electron chi connectivity index (χ0n) is 20.7. The van der Waals surface area contributed by atoms with Crippen LogP contribution in [0.2, 0.25) is 0 Å². The Bertz CT molecular complexity index is 1210. The van der Waals surface area contributed by atoms with Crippen LogP contribution >= 0.6 is 11.3 Å². The van der Waals surface area contributed by atoms with Crippen molar-refractivity contribution in [3.63, 3.8) is 0 Å². The zero-order chi connectivity index (χ0) is 25.4. The minimum atomic E-state index is -1.47. The van der Waals surface area contributed by atoms with Crippen molar-refractivity contribution in [2.75, 3.05) is 20.7 Å². The van der Waals surface area contributed by atoms with Crippen LogP contribution in [0.5, 0.6) is 5.75 Å². The Morgan fingerprint density at radius 1 is 1.20 bits per heavy atom. The van der Waals surface area contributed by atoms with Gasteiger partial charge < -0.3 is 9.84 Å². The van der Waals surface area contributed by atoms with Crippen LogP contribution in [0.25, 0.3) is 0 Å². The first-order chi connectivity index (χ1) is 16.6. The summed E-state index contributed by atoms with van der Waals surface area (Å²) in [6.07, 6.45) is 1.25. The number of hydrogen-bond donors (Lipinski definition) is 1. The highest BCUT2D eigenvalue weighted by Crippen LogP contribution is 2.43. The molecular weight excluding hydrogens is 462 g/mol. The Morgan fingerprint density at radius 3 is 2.49 bits per heavy atom. The molecule has 2 heterocycles. The lowest BCUT2D eigenvalue weighted by Crippen LogP contribution is -2.57. The number of carboxylic acids is 1. The van der Waals surface area contributed by atoms with Crippen molar-refractivity contribution in [1.82, 2.24) is 14.8 Å². The van der Waals surface area contributed by atoms with Crippen LogP contribution in [0.15, 0.2) is 60.1 Å². The summed E-state index contributed by atoms with van der Waals surface area (Å²) in [6.45, 7) is 6.41. The third kappa shape index (κ3) is 4.56. The van der Waals surface area contributed by atoms with E-state index in [2.05, 4.69) is 25.8 Å². The molecule has 0 spiro atoms. The van der Waals surface area contributed by atoms with Gasteiger partial charge in [0.25, 0.3) is 5.91 Å². The standard InChI is InChI=1S/C27H31N3O4S/c1-26(2,3)20-12-11-19(15-21(20)34-5)24(31)30-23(22-28-13-14-35-22)29(4)17-27(30,25(32)33)16-18-9-7-6-8-10-18/h6-15,23H,16-17H2,1-5H3,(H,32,33). The third-order valence-electron chi connectivity index (χ3n) is 6.52. The molecule has 2 unspecified atom stereocenters. The average molecular weight is 494 g/mol. The monoisotopic (exact) mass is 493 g/mol. The highest BCUT2D eigenvalue weighted by atomic mass is 32.1. The molecule has 1 aliphatic heterocycles. The number of aromatic nitrogens is 1. The molecule has 4 rings (SSSR count). The molecule has 1 aromatic heterocycles. The largest absolute Gasteiger partial charge is 0.496 e. The first-order valence-corrected chi connectivity index (χ1v) is 12.4. The number of benzene rings is 2. The smallest absolute Gasteiger partial charge is 0.331 e. The maximum Gasteiger partial charge on any atom is 0.331 e. The van der Waals surface area contributed by atoms with E-state index < -0.39 is 17.7 Å². The average Bonchev–Trinajstić information content (AvgIpc) is 3.44. The fraction of sp³-hybridized carbons (Fsp3) is 0.370. The fourth-order valence-electron chi connectivity index (χ4n) is 4.88. The van der Waals surface area contributed by atoms with Crippen molar-refractivity contribution in [2.24, 2.45) is 0 Å². The Hall–Kier alpha value is -3.23. The van der Waals surface area contributed by atoms with Gasteiger partial charge in [0, 0.05) is 30.1 Å². The van der Waals surface area contributed by atoms with Gasteiger partial charge in [-0.15, -0.1) is 11.3 Å². The van der Waals surface area contributed by atoms with Crippen LogP contribution in [-0.2, 0) is 16.6 Å². The molecule has 8 heteroatoms. The van der Waals surface area contributed by atoms with Gasteiger partial charge in [-0.2, -0.15) is 0 Å². The number of amides is 1. The summed E-state index contributed by atoms with van der Waals surface area (Å²) >= 11 is 1.41. The molecule has 0 radical (unpaired) electrons. The summed E-state index contributed by atoms with van der Waals surface area (Å²) in [5, 5.41) is 13.1. The highest BCUT2D eigenvalue weighted by Gasteiger charge is 2.58. The van der Waals surface area contributed by atoms with Crippen molar-refractivity contribution < 1.29 is 19.4 Å². The second-order valence-corrected chi connectivity index (χ2v) is 10.9. The summed E-state index contributed by atoms with van der Waals surface area (Å²) in [6, 6.07) is 14.8. The second-order valence-electron chi connectivity index (χ2n) is 10.00. The third-order valence-corrected chi connectivity index (χ3v) is 7.33. The van der Waals surface area contributed by atoms with Crippen LogP contribution in [0.4, 0.5) is 0 Å². The first kappa shape index (κ1) is 24.9. The summed E-state index contributed by atoms with van der Waals surface area (Å²) in [5.41, 5.74) is 0.550. The molecule has 184 valence electrons. The number of carbonyl (C=O) groups excluding carboxylic acids is 1. The van der Waals surface area contributed by atoms with E-state index in [1.165, 1.54) is 16.2 Å². The van der Waals surface area contributed by atoms with E-state index in [4.69, 9.17) is 4.74 Å². The van der Waals surface area contributed by atoms with Crippen molar-refractivity contribution in [3.8, 4) is 5.75 Å². The summed E-state index contributed by atoms with van der Waals surface area (Å²) < 4.78 is 5.63. The molecule has 1 N–H and O–H groups in total. The Kier molecular flexibility index (Phi) is 6.71. The Morgan fingerprint density at radius 2 is 1.91 bits per heavy atom. The van der Waals surface area contributed by atoms with E-state index in [9.17, 15) is 14.7 Å². The van der Waals surface area contributed by atoms with E-state index in [-0.39, 0.29) is 24.3 Å². The zero-order valence-corrected chi connectivity index (χ0v) is 21.5. The van der Waals surface area contributed by atoms with Crippen molar-refractivity contribution in [2.45, 2.75) is 44.3 Å². The van der Waals surface area contributed by atoms with Gasteiger partial charge in [0.05, 0.1) is 7.11 Å². The van der Waals surface area contributed by atoms with Gasteiger partial charge in [0.1, 0.15) is 16.9 Å². The van der Waals surface area contributed by atoms with Gasteiger partial charge in [-0.25, -0.2) is 9.78 Å². The number of carboxylic acid groups (broad SMARTS) is 1. The van der Waals surface area contributed by atoms with E-state index in [0.29, 0.717) is 16.3 Å². The number of rotatable bonds is 6. The van der Waals surface area contributed by atoms with Gasteiger partial charge in [0.15, 0.2) is 5.54 Å². The van der Waals surface area contributed by atoms with Gasteiger partial charge in [-0.3, -0.25) is 14.6 Å². The molecule has 1 aliphatic rings. The maximum absolute atomic E-state index is 14.2. The van der Waals surface area contributed by atoms with Crippen LogP contribution in [0.3, 0.4) is 0 Å². The molecule has 3 aromatic rings. The van der Waals surface area contributed by atoms with E-state index in [1.54, 1.807) is 25.4 Å². The lowest BCUT2D eigenvalue weighted by molar-refractivity contribution is -0.148. The fourth-order valence-corrected chi connectivity index (χ4v) is 5.67. The topological polar surface area (TPSA) is 83.0 Å². The minimum absolute atomic E-state index is 0.171. The van der Waals surface area contributed by atoms with E-state index >= 15 is 0 Å². The van der Waals surface area contributed by atoms with Crippen molar-refractivity contribution in [3.05, 3.63) is 81.8 Å². The number of methoxy groups -OCH3 is 1.